The Hall–Kier alpha value is -2.18. The van der Waals surface area contributed by atoms with E-state index in [9.17, 15) is 19.8 Å². The van der Waals surface area contributed by atoms with Gasteiger partial charge in [-0.25, -0.2) is 0 Å². The number of carbonyl (C=O) groups is 2. The van der Waals surface area contributed by atoms with Gasteiger partial charge in [-0.05, 0) is 89.9 Å². The van der Waals surface area contributed by atoms with E-state index in [0.717, 1.165) is 77.0 Å². The molecule has 48 heavy (non-hydrogen) atoms. The first-order valence-corrected chi connectivity index (χ1v) is 19.9. The maximum absolute atomic E-state index is 13.0. The lowest BCUT2D eigenvalue weighted by Crippen LogP contribution is -2.42. The summed E-state index contributed by atoms with van der Waals surface area (Å²) in [5.74, 6) is -0.962. The van der Waals surface area contributed by atoms with E-state index in [1.54, 1.807) is 4.90 Å². The van der Waals surface area contributed by atoms with Gasteiger partial charge in [0.05, 0.1) is 12.2 Å². The fourth-order valence-electron chi connectivity index (χ4n) is 5.71. The normalized spacial score (nSPS) is 13.4. The minimum atomic E-state index is -0.854. The van der Waals surface area contributed by atoms with Crippen LogP contribution < -0.4 is 0 Å². The summed E-state index contributed by atoms with van der Waals surface area (Å²) in [7, 11) is 0. The van der Waals surface area contributed by atoms with E-state index in [0.29, 0.717) is 25.7 Å². The maximum atomic E-state index is 13.0. The van der Waals surface area contributed by atoms with Crippen molar-refractivity contribution in [3.63, 3.8) is 0 Å². The third-order valence-electron chi connectivity index (χ3n) is 8.72. The summed E-state index contributed by atoms with van der Waals surface area (Å²) >= 11 is 0. The first-order chi connectivity index (χ1) is 23.4. The predicted molar refractivity (Wildman–Crippen MR) is 204 cm³/mol. The molecule has 0 aromatic heterocycles. The van der Waals surface area contributed by atoms with E-state index in [-0.39, 0.29) is 31.8 Å². The molecule has 0 heterocycles. The van der Waals surface area contributed by atoms with Gasteiger partial charge in [-0.2, -0.15) is 0 Å². The van der Waals surface area contributed by atoms with E-state index in [2.05, 4.69) is 62.5 Å². The summed E-state index contributed by atoms with van der Waals surface area (Å²) < 4.78 is 0. The molecule has 2 unspecified atom stereocenters. The third-order valence-corrected chi connectivity index (χ3v) is 8.72. The van der Waals surface area contributed by atoms with Crippen LogP contribution in [0.15, 0.2) is 48.6 Å². The Morgan fingerprint density at radius 2 is 0.875 bits per heavy atom. The molecule has 0 aliphatic heterocycles. The minimum Gasteiger partial charge on any atom is -0.481 e. The molecule has 2 atom stereocenters. The number of nitrogens with zero attached hydrogens (tertiary/aromatic N) is 1. The van der Waals surface area contributed by atoms with Crippen LogP contribution in [0.25, 0.3) is 0 Å². The van der Waals surface area contributed by atoms with E-state index in [1.807, 2.05) is 0 Å². The molecule has 0 saturated heterocycles. The van der Waals surface area contributed by atoms with Crippen LogP contribution in [0.4, 0.5) is 0 Å². The van der Waals surface area contributed by atoms with Gasteiger partial charge in [-0.3, -0.25) is 9.59 Å². The summed E-state index contributed by atoms with van der Waals surface area (Å²) in [5.41, 5.74) is 0. The van der Waals surface area contributed by atoms with Crippen molar-refractivity contribution in [2.45, 2.75) is 193 Å². The molecule has 6 nitrogen and oxygen atoms in total. The predicted octanol–water partition coefficient (Wildman–Crippen LogP) is 11.0. The Kier molecular flexibility index (Phi) is 34.5. The summed E-state index contributed by atoms with van der Waals surface area (Å²) in [6.45, 7) is 4.91. The van der Waals surface area contributed by atoms with Crippen LogP contribution >= 0.6 is 0 Å². The lowest BCUT2D eigenvalue weighted by molar-refractivity contribution is -0.138. The molecule has 3 N–H and O–H groups in total. The molecule has 0 bridgehead atoms. The van der Waals surface area contributed by atoms with E-state index < -0.39 is 18.2 Å². The fourth-order valence-corrected chi connectivity index (χ4v) is 5.71. The monoisotopic (exact) mass is 674 g/mol. The van der Waals surface area contributed by atoms with E-state index in [1.165, 1.54) is 51.4 Å². The summed E-state index contributed by atoms with van der Waals surface area (Å²) in [5, 5.41) is 30.4. The van der Waals surface area contributed by atoms with Crippen molar-refractivity contribution >= 4 is 11.9 Å². The Bertz CT molecular complexity index is 797. The summed E-state index contributed by atoms with van der Waals surface area (Å²) in [4.78, 5) is 25.5. The van der Waals surface area contributed by atoms with Crippen LogP contribution in [-0.2, 0) is 9.59 Å². The number of hydrogen-bond acceptors (Lipinski definition) is 4. The third kappa shape index (κ3) is 33.7. The van der Waals surface area contributed by atoms with Crippen molar-refractivity contribution in [2.24, 2.45) is 0 Å². The number of carboxylic acid groups (broad SMARTS) is 1. The number of allylic oxidation sites excluding steroid dienone is 8. The smallest absolute Gasteiger partial charge is 0.303 e. The number of unbranched alkanes of at least 4 members (excludes halogenated alkanes) is 15. The van der Waals surface area contributed by atoms with Crippen LogP contribution in [-0.4, -0.2) is 57.4 Å². The topological polar surface area (TPSA) is 98.1 Å². The molecule has 1 amide bonds. The number of carbonyl (C=O) groups excluding carboxylic acids is 1. The molecule has 0 aromatic rings. The maximum Gasteiger partial charge on any atom is 0.303 e. The van der Waals surface area contributed by atoms with Gasteiger partial charge in [-0.1, -0.05) is 127 Å². The highest BCUT2D eigenvalue weighted by Crippen LogP contribution is 2.14. The van der Waals surface area contributed by atoms with Gasteiger partial charge in [0.1, 0.15) is 0 Å². The second-order valence-corrected chi connectivity index (χ2v) is 13.5. The Labute approximate surface area is 295 Å². The van der Waals surface area contributed by atoms with Gasteiger partial charge in [0.25, 0.3) is 0 Å². The van der Waals surface area contributed by atoms with E-state index in [4.69, 9.17) is 5.11 Å². The van der Waals surface area contributed by atoms with Crippen molar-refractivity contribution in [2.75, 3.05) is 13.1 Å². The largest absolute Gasteiger partial charge is 0.481 e. The SMILES string of the molecule is CCCCC/C=C\C/C=C\CCCCCCC(O)CN(CC(O)CCCCCC/C=C\C/C=C\CCCCC)C(=O)CCCCC(=O)O. The molecular formula is C42H75NO5. The highest BCUT2D eigenvalue weighted by Gasteiger charge is 2.20. The zero-order valence-corrected chi connectivity index (χ0v) is 31.2. The van der Waals surface area contributed by atoms with E-state index >= 15 is 0 Å². The van der Waals surface area contributed by atoms with Crippen LogP contribution in [0.2, 0.25) is 0 Å². The van der Waals surface area contributed by atoms with Crippen LogP contribution in [0.1, 0.15) is 181 Å². The number of aliphatic hydroxyl groups excluding tert-OH is 2. The van der Waals surface area contributed by atoms with Crippen molar-refractivity contribution in [3.05, 3.63) is 48.6 Å². The molecule has 0 aliphatic rings. The highest BCUT2D eigenvalue weighted by atomic mass is 16.4. The van der Waals surface area contributed by atoms with Crippen LogP contribution in [0.3, 0.4) is 0 Å². The summed E-state index contributed by atoms with van der Waals surface area (Å²) in [6, 6.07) is 0. The number of rotatable bonds is 35. The molecule has 0 radical (unpaired) electrons. The molecule has 0 saturated carbocycles. The number of carboxylic acids is 1. The first-order valence-electron chi connectivity index (χ1n) is 19.9. The standard InChI is InChI=1S/C42H75NO5/c1-3-5-7-9-11-13-15-17-19-21-23-25-27-29-33-39(44)37-43(41(46)35-31-32-36-42(47)48)38-40(45)34-30-28-26-24-22-20-18-16-14-12-10-8-6-4-2/h11-14,17-20,39-40,44-45H,3-10,15-16,21-38H2,1-2H3,(H,47,48)/b13-11-,14-12-,19-17-,20-18-. The number of aliphatic carboxylic acids is 1. The Morgan fingerprint density at radius 3 is 1.27 bits per heavy atom. The fraction of sp³-hybridized carbons (Fsp3) is 0.762. The average Bonchev–Trinajstić information content (AvgIpc) is 3.06. The number of hydrogen-bond donors (Lipinski definition) is 3. The van der Waals surface area contributed by atoms with Gasteiger partial charge in [0, 0.05) is 25.9 Å². The average molecular weight is 674 g/mol. The van der Waals surface area contributed by atoms with Gasteiger partial charge >= 0.3 is 5.97 Å². The van der Waals surface area contributed by atoms with Crippen molar-refractivity contribution in [3.8, 4) is 0 Å². The van der Waals surface area contributed by atoms with Gasteiger partial charge < -0.3 is 20.2 Å². The second-order valence-electron chi connectivity index (χ2n) is 13.5. The molecule has 6 heteroatoms. The van der Waals surface area contributed by atoms with Crippen LogP contribution in [0.5, 0.6) is 0 Å². The summed E-state index contributed by atoms with van der Waals surface area (Å²) in [6.07, 6.45) is 42.2. The van der Waals surface area contributed by atoms with Crippen molar-refractivity contribution < 1.29 is 24.9 Å². The number of amides is 1. The molecule has 0 spiro atoms. The molecule has 0 aromatic carbocycles. The Morgan fingerprint density at radius 1 is 0.500 bits per heavy atom. The first kappa shape index (κ1) is 45.8. The Balaban J connectivity index is 4.32. The quantitative estimate of drug-likeness (QED) is 0.0459. The lowest BCUT2D eigenvalue weighted by atomic mass is 10.1. The molecule has 278 valence electrons. The zero-order chi connectivity index (χ0) is 35.3. The highest BCUT2D eigenvalue weighted by molar-refractivity contribution is 5.76. The molecular weight excluding hydrogens is 598 g/mol. The molecule has 0 aliphatic carbocycles. The lowest BCUT2D eigenvalue weighted by Gasteiger charge is -2.28. The second kappa shape index (κ2) is 36.1. The van der Waals surface area contributed by atoms with Gasteiger partial charge in [-0.15, -0.1) is 0 Å². The molecule has 0 fully saturated rings. The number of aliphatic hydroxyl groups is 2. The van der Waals surface area contributed by atoms with Crippen LogP contribution in [0, 0.1) is 0 Å². The zero-order valence-electron chi connectivity index (χ0n) is 31.2. The van der Waals surface area contributed by atoms with Crippen molar-refractivity contribution in [1.82, 2.24) is 4.90 Å². The van der Waals surface area contributed by atoms with Gasteiger partial charge in [0.15, 0.2) is 0 Å². The van der Waals surface area contributed by atoms with Gasteiger partial charge in [0.2, 0.25) is 5.91 Å². The molecule has 0 rings (SSSR count). The minimum absolute atomic E-state index is 0.0520. The van der Waals surface area contributed by atoms with Crippen molar-refractivity contribution in [1.29, 1.82) is 0 Å².